The minimum Gasteiger partial charge on any atom is -0.494 e. The predicted molar refractivity (Wildman–Crippen MR) is 98.5 cm³/mol. The highest BCUT2D eigenvalue weighted by molar-refractivity contribution is 6.12. The van der Waals surface area contributed by atoms with Gasteiger partial charge in [-0.2, -0.15) is 0 Å². The molecule has 2 aromatic carbocycles. The first-order valence-electron chi connectivity index (χ1n) is 8.67. The molecule has 0 spiro atoms. The highest BCUT2D eigenvalue weighted by atomic mass is 19.1. The minimum absolute atomic E-state index is 0.178. The molecule has 1 aliphatic heterocycles. The molecule has 4 nitrogen and oxygen atoms in total. The van der Waals surface area contributed by atoms with Crippen LogP contribution >= 0.6 is 0 Å². The van der Waals surface area contributed by atoms with Crippen molar-refractivity contribution in [2.45, 2.75) is 26.2 Å². The molecular weight excluding hydrogens is 333 g/mol. The first kappa shape index (κ1) is 17.9. The highest BCUT2D eigenvalue weighted by Crippen LogP contribution is 2.21. The van der Waals surface area contributed by atoms with Gasteiger partial charge in [-0.1, -0.05) is 31.9 Å². The van der Waals surface area contributed by atoms with Crippen LogP contribution in [0, 0.1) is 5.82 Å². The predicted octanol–water partition coefficient (Wildman–Crippen LogP) is 4.74. The average Bonchev–Trinajstić information content (AvgIpc) is 3.01. The normalized spacial score (nSPS) is 15.1. The number of cyclic esters (lactones) is 1. The molecule has 0 unspecified atom stereocenters. The molecule has 0 radical (unpaired) electrons. The molecule has 0 aromatic heterocycles. The van der Waals surface area contributed by atoms with Crippen molar-refractivity contribution in [3.05, 3.63) is 71.2 Å². The zero-order valence-corrected chi connectivity index (χ0v) is 14.6. The molecule has 0 aliphatic carbocycles. The van der Waals surface area contributed by atoms with Gasteiger partial charge in [-0.15, -0.1) is 0 Å². The van der Waals surface area contributed by atoms with Crippen molar-refractivity contribution in [1.29, 1.82) is 0 Å². The minimum atomic E-state index is -0.524. The molecule has 26 heavy (non-hydrogen) atoms. The number of benzene rings is 2. The summed E-state index contributed by atoms with van der Waals surface area (Å²) in [5.41, 5.74) is 1.59. The van der Waals surface area contributed by atoms with Gasteiger partial charge in [0, 0.05) is 5.56 Å². The maximum atomic E-state index is 13.0. The van der Waals surface area contributed by atoms with Crippen molar-refractivity contribution >= 4 is 17.9 Å². The lowest BCUT2D eigenvalue weighted by Crippen LogP contribution is -2.05. The number of ether oxygens (including phenoxy) is 2. The lowest BCUT2D eigenvalue weighted by atomic mass is 10.2. The van der Waals surface area contributed by atoms with Gasteiger partial charge in [0.25, 0.3) is 0 Å². The average molecular weight is 353 g/mol. The topological polar surface area (TPSA) is 47.9 Å². The van der Waals surface area contributed by atoms with E-state index < -0.39 is 5.97 Å². The number of esters is 1. The van der Waals surface area contributed by atoms with E-state index in [4.69, 9.17) is 9.47 Å². The van der Waals surface area contributed by atoms with E-state index in [1.54, 1.807) is 6.08 Å². The van der Waals surface area contributed by atoms with E-state index in [0.717, 1.165) is 30.6 Å². The molecular formula is C21H20FNO3. The van der Waals surface area contributed by atoms with Crippen molar-refractivity contribution < 1.29 is 18.7 Å². The van der Waals surface area contributed by atoms with Crippen LogP contribution in [0.25, 0.3) is 6.08 Å². The zero-order valence-electron chi connectivity index (χ0n) is 14.6. The Balaban J connectivity index is 1.68. The Morgan fingerprint density at radius 2 is 1.81 bits per heavy atom. The SMILES string of the molecule is CCCCCOc1ccc(C=C2N=C(c3ccc(F)cc3)OC2=O)cc1. The number of hydrogen-bond acceptors (Lipinski definition) is 4. The molecule has 0 fully saturated rings. The van der Waals surface area contributed by atoms with Gasteiger partial charge in [0.15, 0.2) is 5.70 Å². The summed E-state index contributed by atoms with van der Waals surface area (Å²) >= 11 is 0. The fourth-order valence-electron chi connectivity index (χ4n) is 2.49. The third-order valence-corrected chi connectivity index (χ3v) is 3.91. The van der Waals surface area contributed by atoms with Crippen LogP contribution in [0.4, 0.5) is 4.39 Å². The van der Waals surface area contributed by atoms with Gasteiger partial charge in [0.05, 0.1) is 6.61 Å². The summed E-state index contributed by atoms with van der Waals surface area (Å²) in [5.74, 6) is 0.0977. The molecule has 0 atom stereocenters. The standard InChI is InChI=1S/C21H20FNO3/c1-2-3-4-13-25-18-11-5-15(6-12-18)14-19-21(24)26-20(23-19)16-7-9-17(22)10-8-16/h5-12,14H,2-4,13H2,1H3. The second kappa shape index (κ2) is 8.43. The van der Waals surface area contributed by atoms with Gasteiger partial charge in [-0.3, -0.25) is 0 Å². The lowest BCUT2D eigenvalue weighted by molar-refractivity contribution is -0.129. The molecule has 0 N–H and O–H groups in total. The Morgan fingerprint density at radius 3 is 2.50 bits per heavy atom. The van der Waals surface area contributed by atoms with E-state index >= 15 is 0 Å². The molecule has 1 heterocycles. The first-order valence-corrected chi connectivity index (χ1v) is 8.67. The number of carbonyl (C=O) groups is 1. The van der Waals surface area contributed by atoms with Crippen molar-refractivity contribution in [3.63, 3.8) is 0 Å². The van der Waals surface area contributed by atoms with Crippen LogP contribution in [0.1, 0.15) is 37.3 Å². The van der Waals surface area contributed by atoms with Gasteiger partial charge in [0.2, 0.25) is 5.90 Å². The van der Waals surface area contributed by atoms with Crippen molar-refractivity contribution in [2.24, 2.45) is 4.99 Å². The van der Waals surface area contributed by atoms with Crippen LogP contribution in [-0.2, 0) is 9.53 Å². The third-order valence-electron chi connectivity index (χ3n) is 3.91. The second-order valence-electron chi connectivity index (χ2n) is 5.97. The van der Waals surface area contributed by atoms with E-state index in [1.807, 2.05) is 24.3 Å². The Hall–Kier alpha value is -2.95. The second-order valence-corrected chi connectivity index (χ2v) is 5.97. The highest BCUT2D eigenvalue weighted by Gasteiger charge is 2.24. The Kier molecular flexibility index (Phi) is 5.79. The van der Waals surface area contributed by atoms with E-state index in [-0.39, 0.29) is 17.4 Å². The molecule has 1 aliphatic rings. The van der Waals surface area contributed by atoms with Crippen LogP contribution < -0.4 is 4.74 Å². The van der Waals surface area contributed by atoms with E-state index in [1.165, 1.54) is 24.3 Å². The first-order chi connectivity index (χ1) is 12.7. The summed E-state index contributed by atoms with van der Waals surface area (Å²) in [4.78, 5) is 16.2. The maximum absolute atomic E-state index is 13.0. The van der Waals surface area contributed by atoms with Crippen LogP contribution in [0.5, 0.6) is 5.75 Å². The molecule has 0 amide bonds. The van der Waals surface area contributed by atoms with E-state index in [0.29, 0.717) is 12.2 Å². The molecule has 3 rings (SSSR count). The fourth-order valence-corrected chi connectivity index (χ4v) is 2.49. The number of rotatable bonds is 7. The molecule has 0 saturated carbocycles. The summed E-state index contributed by atoms with van der Waals surface area (Å²) in [6.45, 7) is 2.85. The third kappa shape index (κ3) is 4.57. The Bertz CT molecular complexity index is 823. The number of unbranched alkanes of at least 4 members (excludes halogenated alkanes) is 2. The summed E-state index contributed by atoms with van der Waals surface area (Å²) in [5, 5.41) is 0. The van der Waals surface area contributed by atoms with Gasteiger partial charge in [-0.25, -0.2) is 14.2 Å². The van der Waals surface area contributed by atoms with E-state index in [2.05, 4.69) is 11.9 Å². The summed E-state index contributed by atoms with van der Waals surface area (Å²) < 4.78 is 23.8. The van der Waals surface area contributed by atoms with Gasteiger partial charge < -0.3 is 9.47 Å². The summed E-state index contributed by atoms with van der Waals surface area (Å²) in [7, 11) is 0. The van der Waals surface area contributed by atoms with Crippen LogP contribution in [-0.4, -0.2) is 18.5 Å². The van der Waals surface area contributed by atoms with Crippen LogP contribution in [0.3, 0.4) is 0 Å². The van der Waals surface area contributed by atoms with Crippen LogP contribution in [0.2, 0.25) is 0 Å². The monoisotopic (exact) mass is 353 g/mol. The van der Waals surface area contributed by atoms with Gasteiger partial charge >= 0.3 is 5.97 Å². The number of halogens is 1. The molecule has 0 bridgehead atoms. The molecule has 2 aromatic rings. The van der Waals surface area contributed by atoms with Crippen molar-refractivity contribution in [1.82, 2.24) is 0 Å². The number of hydrogen-bond donors (Lipinski definition) is 0. The lowest BCUT2D eigenvalue weighted by Gasteiger charge is -2.05. The maximum Gasteiger partial charge on any atom is 0.363 e. The number of aliphatic imine (C=N–C) groups is 1. The zero-order chi connectivity index (χ0) is 18.4. The van der Waals surface area contributed by atoms with Gasteiger partial charge in [-0.05, 0) is 54.5 Å². The number of carbonyl (C=O) groups excluding carboxylic acids is 1. The van der Waals surface area contributed by atoms with E-state index in [9.17, 15) is 9.18 Å². The Morgan fingerprint density at radius 1 is 1.08 bits per heavy atom. The van der Waals surface area contributed by atoms with Crippen molar-refractivity contribution in [2.75, 3.05) is 6.61 Å². The molecule has 134 valence electrons. The molecule has 5 heteroatoms. The summed E-state index contributed by atoms with van der Waals surface area (Å²) in [6, 6.07) is 13.1. The largest absolute Gasteiger partial charge is 0.494 e. The smallest absolute Gasteiger partial charge is 0.363 e. The van der Waals surface area contributed by atoms with Crippen LogP contribution in [0.15, 0.2) is 59.2 Å². The Labute approximate surface area is 152 Å². The number of nitrogens with zero attached hydrogens (tertiary/aromatic N) is 1. The molecule has 0 saturated heterocycles. The van der Waals surface area contributed by atoms with Gasteiger partial charge in [0.1, 0.15) is 11.6 Å². The quantitative estimate of drug-likeness (QED) is 0.410. The fraction of sp³-hybridized carbons (Fsp3) is 0.238. The van der Waals surface area contributed by atoms with Crippen molar-refractivity contribution in [3.8, 4) is 5.75 Å². The summed E-state index contributed by atoms with van der Waals surface area (Å²) in [6.07, 6.45) is 5.00.